The highest BCUT2D eigenvalue weighted by Crippen LogP contribution is 2.21. The van der Waals surface area contributed by atoms with E-state index in [4.69, 9.17) is 11.6 Å². The van der Waals surface area contributed by atoms with E-state index in [1.807, 2.05) is 6.07 Å². The Labute approximate surface area is 108 Å². The second-order valence-electron chi connectivity index (χ2n) is 4.76. The van der Waals surface area contributed by atoms with Gasteiger partial charge >= 0.3 is 0 Å². The summed E-state index contributed by atoms with van der Waals surface area (Å²) in [6.07, 6.45) is 3.11. The summed E-state index contributed by atoms with van der Waals surface area (Å²) in [7, 11) is 0. The van der Waals surface area contributed by atoms with Gasteiger partial charge in [-0.15, -0.1) is 0 Å². The monoisotopic (exact) mass is 257 g/mol. The Bertz CT molecular complexity index is 363. The summed E-state index contributed by atoms with van der Waals surface area (Å²) in [5, 5.41) is 3.92. The zero-order chi connectivity index (χ0) is 12.8. The minimum atomic E-state index is -0.222. The van der Waals surface area contributed by atoms with Crippen molar-refractivity contribution in [3.05, 3.63) is 34.1 Å². The van der Waals surface area contributed by atoms with Gasteiger partial charge in [0.15, 0.2) is 0 Å². The van der Waals surface area contributed by atoms with Gasteiger partial charge in [0.05, 0.1) is 0 Å². The number of rotatable bonds is 6. The van der Waals surface area contributed by atoms with E-state index in [-0.39, 0.29) is 5.82 Å². The maximum Gasteiger partial charge on any atom is 0.127 e. The number of hydrogen-bond donors (Lipinski definition) is 1. The average Bonchev–Trinajstić information content (AvgIpc) is 2.24. The normalized spacial score (nSPS) is 11.2. The molecule has 96 valence electrons. The van der Waals surface area contributed by atoms with E-state index in [0.29, 0.717) is 16.6 Å². The van der Waals surface area contributed by atoms with Crippen molar-refractivity contribution in [3.8, 4) is 0 Å². The molecule has 0 amide bonds. The fourth-order valence-corrected chi connectivity index (χ4v) is 1.98. The zero-order valence-electron chi connectivity index (χ0n) is 10.8. The SMILES string of the molecule is Cc1cc(CCCCNC(C)C)c(Cl)cc1F. The first-order chi connectivity index (χ1) is 8.00. The minimum Gasteiger partial charge on any atom is -0.315 e. The molecule has 0 radical (unpaired) electrons. The Balaban J connectivity index is 2.39. The second kappa shape index (κ2) is 6.97. The van der Waals surface area contributed by atoms with E-state index in [1.54, 1.807) is 6.92 Å². The number of hydrogen-bond acceptors (Lipinski definition) is 1. The molecule has 0 spiro atoms. The first kappa shape index (κ1) is 14.5. The summed E-state index contributed by atoms with van der Waals surface area (Å²) < 4.78 is 13.2. The third-order valence-electron chi connectivity index (χ3n) is 2.75. The highest BCUT2D eigenvalue weighted by molar-refractivity contribution is 6.31. The molecule has 1 rings (SSSR count). The molecular weight excluding hydrogens is 237 g/mol. The van der Waals surface area contributed by atoms with Crippen LogP contribution in [0.25, 0.3) is 0 Å². The third-order valence-corrected chi connectivity index (χ3v) is 3.10. The molecule has 0 aromatic heterocycles. The zero-order valence-corrected chi connectivity index (χ0v) is 11.6. The quantitative estimate of drug-likeness (QED) is 0.757. The molecule has 0 aliphatic heterocycles. The van der Waals surface area contributed by atoms with Crippen molar-refractivity contribution >= 4 is 11.6 Å². The predicted molar refractivity (Wildman–Crippen MR) is 72.2 cm³/mol. The van der Waals surface area contributed by atoms with Crippen LogP contribution in [0.15, 0.2) is 12.1 Å². The molecule has 0 bridgehead atoms. The summed E-state index contributed by atoms with van der Waals surface area (Å²) in [5.41, 5.74) is 1.72. The van der Waals surface area contributed by atoms with Gasteiger partial charge in [0.2, 0.25) is 0 Å². The van der Waals surface area contributed by atoms with E-state index < -0.39 is 0 Å². The molecule has 0 aliphatic carbocycles. The molecule has 1 aromatic rings. The first-order valence-corrected chi connectivity index (χ1v) is 6.56. The van der Waals surface area contributed by atoms with Gasteiger partial charge in [0.25, 0.3) is 0 Å². The van der Waals surface area contributed by atoms with Gasteiger partial charge in [0.1, 0.15) is 5.82 Å². The Kier molecular flexibility index (Phi) is 5.93. The fraction of sp³-hybridized carbons (Fsp3) is 0.571. The van der Waals surface area contributed by atoms with Crippen LogP contribution in [0.2, 0.25) is 5.02 Å². The van der Waals surface area contributed by atoms with Crippen LogP contribution in [0, 0.1) is 12.7 Å². The molecule has 3 heteroatoms. The van der Waals surface area contributed by atoms with Gasteiger partial charge in [-0.2, -0.15) is 0 Å². The lowest BCUT2D eigenvalue weighted by atomic mass is 10.1. The summed E-state index contributed by atoms with van der Waals surface area (Å²) in [6, 6.07) is 3.80. The Morgan fingerprint density at radius 2 is 2.00 bits per heavy atom. The highest BCUT2D eigenvalue weighted by atomic mass is 35.5. The lowest BCUT2D eigenvalue weighted by molar-refractivity contribution is 0.557. The van der Waals surface area contributed by atoms with Gasteiger partial charge in [-0.1, -0.05) is 31.5 Å². The average molecular weight is 258 g/mol. The van der Waals surface area contributed by atoms with Crippen molar-refractivity contribution in [3.63, 3.8) is 0 Å². The van der Waals surface area contributed by atoms with Crippen molar-refractivity contribution in [2.45, 2.75) is 46.1 Å². The van der Waals surface area contributed by atoms with Crippen molar-refractivity contribution in [2.75, 3.05) is 6.54 Å². The molecule has 1 nitrogen and oxygen atoms in total. The molecule has 1 N–H and O–H groups in total. The molecule has 0 saturated carbocycles. The van der Waals surface area contributed by atoms with Crippen LogP contribution in [0.3, 0.4) is 0 Å². The van der Waals surface area contributed by atoms with Gasteiger partial charge in [0, 0.05) is 11.1 Å². The van der Waals surface area contributed by atoms with Crippen LogP contribution < -0.4 is 5.32 Å². The molecule has 0 unspecified atom stereocenters. The molecule has 17 heavy (non-hydrogen) atoms. The van der Waals surface area contributed by atoms with Gasteiger partial charge in [-0.25, -0.2) is 4.39 Å². The lowest BCUT2D eigenvalue weighted by Crippen LogP contribution is -2.23. The number of unbranched alkanes of at least 4 members (excludes halogenated alkanes) is 1. The molecule has 0 fully saturated rings. The Morgan fingerprint density at radius 1 is 1.29 bits per heavy atom. The Morgan fingerprint density at radius 3 is 2.65 bits per heavy atom. The van der Waals surface area contributed by atoms with Gasteiger partial charge < -0.3 is 5.32 Å². The lowest BCUT2D eigenvalue weighted by Gasteiger charge is -2.09. The molecular formula is C14H21ClFN. The summed E-state index contributed by atoms with van der Waals surface area (Å²) in [6.45, 7) is 7.07. The maximum atomic E-state index is 13.2. The molecule has 0 heterocycles. The van der Waals surface area contributed by atoms with E-state index in [9.17, 15) is 4.39 Å². The highest BCUT2D eigenvalue weighted by Gasteiger charge is 2.05. The molecule has 0 atom stereocenters. The maximum absolute atomic E-state index is 13.2. The first-order valence-electron chi connectivity index (χ1n) is 6.18. The summed E-state index contributed by atoms with van der Waals surface area (Å²) in [5.74, 6) is -0.222. The summed E-state index contributed by atoms with van der Waals surface area (Å²) >= 11 is 6.01. The van der Waals surface area contributed by atoms with E-state index >= 15 is 0 Å². The Hall–Kier alpha value is -0.600. The van der Waals surface area contributed by atoms with Crippen LogP contribution in [-0.4, -0.2) is 12.6 Å². The molecule has 0 aliphatic rings. The van der Waals surface area contributed by atoms with Crippen molar-refractivity contribution < 1.29 is 4.39 Å². The van der Waals surface area contributed by atoms with Crippen molar-refractivity contribution in [1.82, 2.24) is 5.32 Å². The minimum absolute atomic E-state index is 0.222. The number of halogens is 2. The smallest absolute Gasteiger partial charge is 0.127 e. The van der Waals surface area contributed by atoms with Crippen molar-refractivity contribution in [1.29, 1.82) is 0 Å². The van der Waals surface area contributed by atoms with Gasteiger partial charge in [-0.3, -0.25) is 0 Å². The van der Waals surface area contributed by atoms with E-state index in [2.05, 4.69) is 19.2 Å². The molecule has 0 saturated heterocycles. The standard InChI is InChI=1S/C14H21ClFN/c1-10(2)17-7-5-4-6-12-8-11(3)14(16)9-13(12)15/h8-10,17H,4-7H2,1-3H3. The number of aryl methyl sites for hydroxylation is 2. The summed E-state index contributed by atoms with van der Waals surface area (Å²) in [4.78, 5) is 0. The van der Waals surface area contributed by atoms with Crippen LogP contribution >= 0.6 is 11.6 Å². The molecule has 1 aromatic carbocycles. The third kappa shape index (κ3) is 5.05. The fourth-order valence-electron chi connectivity index (χ4n) is 1.74. The van der Waals surface area contributed by atoms with E-state index in [1.165, 1.54) is 6.07 Å². The number of nitrogens with one attached hydrogen (secondary N) is 1. The van der Waals surface area contributed by atoms with Crippen LogP contribution in [0.4, 0.5) is 4.39 Å². The van der Waals surface area contributed by atoms with Crippen LogP contribution in [0.1, 0.15) is 37.8 Å². The second-order valence-corrected chi connectivity index (χ2v) is 5.17. The van der Waals surface area contributed by atoms with E-state index in [0.717, 1.165) is 31.4 Å². The topological polar surface area (TPSA) is 12.0 Å². The van der Waals surface area contributed by atoms with Gasteiger partial charge in [-0.05, 0) is 49.9 Å². The van der Waals surface area contributed by atoms with Crippen LogP contribution in [0.5, 0.6) is 0 Å². The number of benzene rings is 1. The largest absolute Gasteiger partial charge is 0.315 e. The van der Waals surface area contributed by atoms with Crippen molar-refractivity contribution in [2.24, 2.45) is 0 Å². The van der Waals surface area contributed by atoms with Crippen LogP contribution in [-0.2, 0) is 6.42 Å². The predicted octanol–water partition coefficient (Wildman–Crippen LogP) is 4.11.